The number of rotatable bonds is 5. The third kappa shape index (κ3) is 2.66. The van der Waals surface area contributed by atoms with Crippen molar-refractivity contribution in [3.63, 3.8) is 0 Å². The van der Waals surface area contributed by atoms with Crippen molar-refractivity contribution < 1.29 is 4.42 Å². The zero-order chi connectivity index (χ0) is 13.1. The van der Waals surface area contributed by atoms with E-state index in [-0.39, 0.29) is 0 Å². The van der Waals surface area contributed by atoms with Gasteiger partial charge in [0.25, 0.3) is 0 Å². The van der Waals surface area contributed by atoms with E-state index in [4.69, 9.17) is 27.6 Å². The SMILES string of the molecule is CCCNCc1oc2cc(Cl)cc(Cl)c2c1CC. The standard InChI is InChI=1S/C14H17Cl2NO/c1-3-5-17-8-13-10(4-2)14-11(16)6-9(15)7-12(14)18-13/h6-7,17H,3-5,8H2,1-2H3. The molecule has 1 N–H and O–H groups in total. The van der Waals surface area contributed by atoms with E-state index in [0.717, 1.165) is 42.7 Å². The number of hydrogen-bond donors (Lipinski definition) is 1. The fraction of sp³-hybridized carbons (Fsp3) is 0.429. The number of aryl methyl sites for hydroxylation is 1. The topological polar surface area (TPSA) is 25.2 Å². The highest BCUT2D eigenvalue weighted by Crippen LogP contribution is 2.34. The Labute approximate surface area is 117 Å². The Morgan fingerprint density at radius 2 is 2.00 bits per heavy atom. The summed E-state index contributed by atoms with van der Waals surface area (Å²) in [5.41, 5.74) is 1.95. The van der Waals surface area contributed by atoms with E-state index in [9.17, 15) is 0 Å². The van der Waals surface area contributed by atoms with Crippen LogP contribution in [0.1, 0.15) is 31.6 Å². The molecule has 2 rings (SSSR count). The molecule has 0 aliphatic carbocycles. The molecule has 1 heterocycles. The maximum atomic E-state index is 6.26. The van der Waals surface area contributed by atoms with Crippen molar-refractivity contribution in [2.75, 3.05) is 6.54 Å². The van der Waals surface area contributed by atoms with Gasteiger partial charge in [-0.25, -0.2) is 0 Å². The predicted octanol–water partition coefficient (Wildman–Crippen LogP) is 4.80. The summed E-state index contributed by atoms with van der Waals surface area (Å²) >= 11 is 12.3. The minimum atomic E-state index is 0.608. The van der Waals surface area contributed by atoms with Crippen molar-refractivity contribution in [1.29, 1.82) is 0 Å². The van der Waals surface area contributed by atoms with E-state index in [2.05, 4.69) is 19.2 Å². The molecule has 98 valence electrons. The van der Waals surface area contributed by atoms with Crippen LogP contribution in [0.15, 0.2) is 16.5 Å². The van der Waals surface area contributed by atoms with Gasteiger partial charge in [-0.3, -0.25) is 0 Å². The molecule has 2 aromatic rings. The lowest BCUT2D eigenvalue weighted by Gasteiger charge is -2.02. The van der Waals surface area contributed by atoms with Crippen molar-refractivity contribution in [2.24, 2.45) is 0 Å². The summed E-state index contributed by atoms with van der Waals surface area (Å²) in [5, 5.41) is 5.62. The first-order chi connectivity index (χ1) is 8.67. The highest BCUT2D eigenvalue weighted by molar-refractivity contribution is 6.38. The zero-order valence-electron chi connectivity index (χ0n) is 10.6. The van der Waals surface area contributed by atoms with Crippen molar-refractivity contribution in [1.82, 2.24) is 5.32 Å². The lowest BCUT2D eigenvalue weighted by atomic mass is 10.1. The zero-order valence-corrected chi connectivity index (χ0v) is 12.2. The molecule has 0 fully saturated rings. The summed E-state index contributed by atoms with van der Waals surface area (Å²) in [4.78, 5) is 0. The van der Waals surface area contributed by atoms with E-state index in [1.807, 2.05) is 6.07 Å². The van der Waals surface area contributed by atoms with Gasteiger partial charge in [-0.2, -0.15) is 0 Å². The molecule has 0 saturated carbocycles. The number of hydrogen-bond acceptors (Lipinski definition) is 2. The van der Waals surface area contributed by atoms with Crippen LogP contribution in [0.4, 0.5) is 0 Å². The average Bonchev–Trinajstić information content (AvgIpc) is 2.67. The summed E-state index contributed by atoms with van der Waals surface area (Å²) in [6, 6.07) is 3.59. The third-order valence-corrected chi connectivity index (χ3v) is 3.47. The highest BCUT2D eigenvalue weighted by atomic mass is 35.5. The second kappa shape index (κ2) is 5.96. The monoisotopic (exact) mass is 285 g/mol. The van der Waals surface area contributed by atoms with Crippen LogP contribution in [-0.4, -0.2) is 6.54 Å². The maximum Gasteiger partial charge on any atom is 0.137 e. The Hall–Kier alpha value is -0.700. The molecule has 1 aromatic carbocycles. The molecule has 0 spiro atoms. The van der Waals surface area contributed by atoms with Crippen LogP contribution in [-0.2, 0) is 13.0 Å². The summed E-state index contributed by atoms with van der Waals surface area (Å²) in [7, 11) is 0. The van der Waals surface area contributed by atoms with Crippen molar-refractivity contribution >= 4 is 34.2 Å². The van der Waals surface area contributed by atoms with Crippen LogP contribution >= 0.6 is 23.2 Å². The third-order valence-electron chi connectivity index (χ3n) is 2.96. The van der Waals surface area contributed by atoms with Crippen LogP contribution < -0.4 is 5.32 Å². The Bertz CT molecular complexity index is 548. The maximum absolute atomic E-state index is 6.26. The number of halogens is 2. The fourth-order valence-electron chi connectivity index (χ4n) is 2.15. The lowest BCUT2D eigenvalue weighted by Crippen LogP contribution is -2.14. The molecule has 0 unspecified atom stereocenters. The molecular formula is C14H17Cl2NO. The largest absolute Gasteiger partial charge is 0.459 e. The van der Waals surface area contributed by atoms with Crippen molar-refractivity contribution in [2.45, 2.75) is 33.2 Å². The molecule has 4 heteroatoms. The molecule has 0 amide bonds. The van der Waals surface area contributed by atoms with E-state index in [1.54, 1.807) is 6.07 Å². The summed E-state index contributed by atoms with van der Waals surface area (Å²) in [6.45, 7) is 5.97. The Morgan fingerprint density at radius 3 is 2.67 bits per heavy atom. The molecule has 18 heavy (non-hydrogen) atoms. The minimum absolute atomic E-state index is 0.608. The van der Waals surface area contributed by atoms with E-state index in [0.29, 0.717) is 10.0 Å². The van der Waals surface area contributed by atoms with Gasteiger partial charge < -0.3 is 9.73 Å². The predicted molar refractivity (Wildman–Crippen MR) is 77.6 cm³/mol. The van der Waals surface area contributed by atoms with Gasteiger partial charge in [0.05, 0.1) is 11.6 Å². The fourth-order valence-corrected chi connectivity index (χ4v) is 2.74. The van der Waals surface area contributed by atoms with Crippen LogP contribution in [0.3, 0.4) is 0 Å². The van der Waals surface area contributed by atoms with E-state index < -0.39 is 0 Å². The van der Waals surface area contributed by atoms with Gasteiger partial charge in [0.2, 0.25) is 0 Å². The van der Waals surface area contributed by atoms with Gasteiger partial charge >= 0.3 is 0 Å². The van der Waals surface area contributed by atoms with Gasteiger partial charge in [-0.15, -0.1) is 0 Å². The summed E-state index contributed by atoms with van der Waals surface area (Å²) in [6.07, 6.45) is 2.01. The first kappa shape index (κ1) is 13.7. The van der Waals surface area contributed by atoms with E-state index in [1.165, 1.54) is 5.56 Å². The average molecular weight is 286 g/mol. The number of nitrogens with one attached hydrogen (secondary N) is 1. The molecule has 2 nitrogen and oxygen atoms in total. The number of furan rings is 1. The summed E-state index contributed by atoms with van der Waals surface area (Å²) in [5.74, 6) is 0.963. The van der Waals surface area contributed by atoms with Crippen molar-refractivity contribution in [3.05, 3.63) is 33.5 Å². The van der Waals surface area contributed by atoms with Crippen LogP contribution in [0.25, 0.3) is 11.0 Å². The van der Waals surface area contributed by atoms with Crippen LogP contribution in [0.2, 0.25) is 10.0 Å². The number of benzene rings is 1. The second-order valence-electron chi connectivity index (χ2n) is 4.29. The van der Waals surface area contributed by atoms with Gasteiger partial charge in [-0.05, 0) is 25.5 Å². The van der Waals surface area contributed by atoms with Crippen LogP contribution in [0.5, 0.6) is 0 Å². The van der Waals surface area contributed by atoms with Gasteiger partial charge in [0, 0.05) is 22.0 Å². The molecule has 0 radical (unpaired) electrons. The van der Waals surface area contributed by atoms with Crippen LogP contribution in [0, 0.1) is 0 Å². The molecule has 0 bridgehead atoms. The lowest BCUT2D eigenvalue weighted by molar-refractivity contribution is 0.508. The smallest absolute Gasteiger partial charge is 0.137 e. The molecule has 0 atom stereocenters. The molecular weight excluding hydrogens is 269 g/mol. The van der Waals surface area contributed by atoms with Crippen molar-refractivity contribution in [3.8, 4) is 0 Å². The molecule has 0 aliphatic rings. The molecule has 1 aromatic heterocycles. The Kier molecular flexibility index (Phi) is 4.55. The first-order valence-corrected chi connectivity index (χ1v) is 7.03. The Balaban J connectivity index is 2.44. The second-order valence-corrected chi connectivity index (χ2v) is 5.14. The Morgan fingerprint density at radius 1 is 1.22 bits per heavy atom. The van der Waals surface area contributed by atoms with Gasteiger partial charge in [-0.1, -0.05) is 37.0 Å². The van der Waals surface area contributed by atoms with E-state index >= 15 is 0 Å². The highest BCUT2D eigenvalue weighted by Gasteiger charge is 2.15. The summed E-state index contributed by atoms with van der Waals surface area (Å²) < 4.78 is 5.87. The molecule has 0 saturated heterocycles. The molecule has 0 aliphatic heterocycles. The normalized spacial score (nSPS) is 11.3. The van der Waals surface area contributed by atoms with Gasteiger partial charge in [0.15, 0.2) is 0 Å². The first-order valence-electron chi connectivity index (χ1n) is 6.27. The van der Waals surface area contributed by atoms with Gasteiger partial charge in [0.1, 0.15) is 11.3 Å². The quantitative estimate of drug-likeness (QED) is 0.798. The minimum Gasteiger partial charge on any atom is -0.459 e. The number of fused-ring (bicyclic) bond motifs is 1.